The van der Waals surface area contributed by atoms with Crippen LogP contribution < -0.4 is 56.5 Å². The van der Waals surface area contributed by atoms with Crippen molar-refractivity contribution in [1.82, 2.24) is 14.7 Å². The zero-order chi connectivity index (χ0) is 18.1. The summed E-state index contributed by atoms with van der Waals surface area (Å²) in [5.41, 5.74) is 1.89. The molecule has 26 heavy (non-hydrogen) atoms. The van der Waals surface area contributed by atoms with Gasteiger partial charge in [-0.2, -0.15) is 0 Å². The zero-order valence-corrected chi connectivity index (χ0v) is 17.4. The maximum Gasteiger partial charge on any atom is 1.00 e. The van der Waals surface area contributed by atoms with Gasteiger partial charge in [0.15, 0.2) is 0 Å². The van der Waals surface area contributed by atoms with Crippen molar-refractivity contribution >= 4 is 23.5 Å². The van der Waals surface area contributed by atoms with E-state index in [0.717, 1.165) is 39.3 Å². The van der Waals surface area contributed by atoms with Crippen LogP contribution in [0.1, 0.15) is 0 Å². The second-order valence-corrected chi connectivity index (χ2v) is 5.87. The van der Waals surface area contributed by atoms with Gasteiger partial charge in [0.1, 0.15) is 11.4 Å². The van der Waals surface area contributed by atoms with Gasteiger partial charge in [-0.25, -0.2) is 4.79 Å². The number of rotatable bonds is 5. The Bertz CT molecular complexity index is 729. The molecule has 0 aromatic carbocycles. The molecule has 0 aromatic heterocycles. The molecule has 3 fully saturated rings. The van der Waals surface area contributed by atoms with Crippen molar-refractivity contribution in [3.8, 4) is 0 Å². The number of Topliss-reactive ketones (excluding diaryl/α,β-unsaturated/α-hetero) is 1. The van der Waals surface area contributed by atoms with Gasteiger partial charge in [-0.05, 0) is 6.08 Å². The van der Waals surface area contributed by atoms with Gasteiger partial charge in [-0.15, -0.1) is 0 Å². The maximum absolute atomic E-state index is 12.4. The fraction of sp³-hybridized carbons (Fsp3) is 0.375. The van der Waals surface area contributed by atoms with Crippen LogP contribution in [-0.4, -0.2) is 82.6 Å². The van der Waals surface area contributed by atoms with Gasteiger partial charge in [0.2, 0.25) is 11.6 Å². The summed E-state index contributed by atoms with van der Waals surface area (Å²) in [7, 11) is 0. The van der Waals surface area contributed by atoms with Crippen LogP contribution in [0.4, 0.5) is 0 Å². The number of aliphatic carboxylic acids is 2. The normalized spacial score (nSPS) is 20.3. The molecule has 3 aliphatic heterocycles. The molecule has 0 unspecified atom stereocenters. The number of ketones is 2. The van der Waals surface area contributed by atoms with Crippen LogP contribution in [0.5, 0.6) is 0 Å². The van der Waals surface area contributed by atoms with E-state index in [2.05, 4.69) is 0 Å². The van der Waals surface area contributed by atoms with E-state index >= 15 is 0 Å². The summed E-state index contributed by atoms with van der Waals surface area (Å²) >= 11 is 0. The molecule has 0 bridgehead atoms. The zero-order valence-electron chi connectivity index (χ0n) is 14.3. The first-order valence-electron chi connectivity index (χ1n) is 7.80. The second-order valence-electron chi connectivity index (χ2n) is 5.87. The van der Waals surface area contributed by atoms with E-state index in [-0.39, 0.29) is 63.0 Å². The van der Waals surface area contributed by atoms with Crippen LogP contribution in [-0.2, 0) is 19.2 Å². The van der Waals surface area contributed by atoms with Crippen molar-refractivity contribution in [3.05, 3.63) is 35.3 Å². The van der Waals surface area contributed by atoms with Gasteiger partial charge in [-0.3, -0.25) is 9.59 Å². The Balaban J connectivity index is 0.000000235. The quantitative estimate of drug-likeness (QED) is 0.214. The predicted octanol–water partition coefficient (Wildman–Crippen LogP) is -5.44. The molecular formula is C16H16KN3O6. The summed E-state index contributed by atoms with van der Waals surface area (Å²) in [6.45, 7) is 5.41. The van der Waals surface area contributed by atoms with Crippen LogP contribution in [0, 0.1) is 0 Å². The largest absolute Gasteiger partial charge is 1.00 e. The van der Waals surface area contributed by atoms with Gasteiger partial charge < -0.3 is 29.7 Å². The van der Waals surface area contributed by atoms with Crippen molar-refractivity contribution in [1.29, 1.82) is 0 Å². The number of allylic oxidation sites excluding steroid dienone is 1. The molecule has 3 saturated heterocycles. The number of hydrogen-bond donors (Lipinski definition) is 1. The Labute approximate surface area is 192 Å². The molecule has 1 N–H and O–H groups in total. The summed E-state index contributed by atoms with van der Waals surface area (Å²) < 4.78 is 0. The molecule has 0 saturated carbocycles. The summed E-state index contributed by atoms with van der Waals surface area (Å²) in [6, 6.07) is 0. The molecule has 0 radical (unpaired) electrons. The van der Waals surface area contributed by atoms with E-state index in [1.807, 2.05) is 14.7 Å². The van der Waals surface area contributed by atoms with E-state index in [0.29, 0.717) is 29.2 Å². The molecule has 3 heterocycles. The molecule has 0 spiro atoms. The average molecular weight is 385 g/mol. The number of nitrogens with zero attached hydrogens (tertiary/aromatic N) is 3. The molecule has 4 aliphatic rings. The third-order valence-corrected chi connectivity index (χ3v) is 3.85. The van der Waals surface area contributed by atoms with E-state index in [4.69, 9.17) is 5.11 Å². The van der Waals surface area contributed by atoms with Crippen LogP contribution in [0.3, 0.4) is 0 Å². The standard InChI is InChI=1S/C12H13N3O2.C4H4O4.K/c16-9-7-8(13-1-2-13)12(17)11(15-5-6-15)10(9)14-3-4-14;5-3(6)1-2-4(7)8;/h7H,1-6H2;1-2H,(H,5,6)(H,7,8);/q;;+1/p-1/b;2-1-;. The van der Waals surface area contributed by atoms with Crippen molar-refractivity contribution in [2.24, 2.45) is 0 Å². The average Bonchev–Trinajstić information content (AvgIpc) is 3.37. The Morgan fingerprint density at radius 2 is 1.42 bits per heavy atom. The number of carboxylic acids is 2. The van der Waals surface area contributed by atoms with E-state index in [9.17, 15) is 24.3 Å². The molecule has 10 heteroatoms. The predicted molar refractivity (Wildman–Crippen MR) is 81.6 cm³/mol. The first-order valence-corrected chi connectivity index (χ1v) is 7.80. The molecule has 1 aliphatic carbocycles. The molecule has 9 nitrogen and oxygen atoms in total. The molecule has 0 atom stereocenters. The summed E-state index contributed by atoms with van der Waals surface area (Å²) in [5, 5.41) is 17.2. The monoisotopic (exact) mass is 385 g/mol. The van der Waals surface area contributed by atoms with Gasteiger partial charge in [0.25, 0.3) is 0 Å². The minimum Gasteiger partial charge on any atom is -0.545 e. The van der Waals surface area contributed by atoms with Gasteiger partial charge in [-0.1, -0.05) is 0 Å². The Morgan fingerprint density at radius 1 is 0.923 bits per heavy atom. The molecule has 132 valence electrons. The first kappa shape index (κ1) is 20.8. The molecule has 4 rings (SSSR count). The third kappa shape index (κ3) is 5.27. The van der Waals surface area contributed by atoms with E-state index < -0.39 is 11.9 Å². The number of carboxylic acid groups (broad SMARTS) is 2. The Morgan fingerprint density at radius 3 is 1.81 bits per heavy atom. The molecular weight excluding hydrogens is 369 g/mol. The minimum atomic E-state index is -1.51. The van der Waals surface area contributed by atoms with Crippen molar-refractivity contribution < 1.29 is 80.8 Å². The van der Waals surface area contributed by atoms with Gasteiger partial charge in [0.05, 0.1) is 11.7 Å². The minimum absolute atomic E-state index is 0. The van der Waals surface area contributed by atoms with Gasteiger partial charge >= 0.3 is 57.4 Å². The fourth-order valence-electron chi connectivity index (χ4n) is 2.41. The Hall–Kier alpha value is -1.46. The van der Waals surface area contributed by atoms with Crippen molar-refractivity contribution in [2.75, 3.05) is 39.3 Å². The third-order valence-electron chi connectivity index (χ3n) is 3.85. The van der Waals surface area contributed by atoms with Crippen LogP contribution in [0.2, 0.25) is 0 Å². The van der Waals surface area contributed by atoms with Gasteiger partial charge in [0, 0.05) is 51.4 Å². The second kappa shape index (κ2) is 8.48. The van der Waals surface area contributed by atoms with E-state index in [1.165, 1.54) is 6.08 Å². The smallest absolute Gasteiger partial charge is 0.545 e. The topological polar surface area (TPSA) is 121 Å². The van der Waals surface area contributed by atoms with Crippen LogP contribution in [0.15, 0.2) is 35.3 Å². The fourth-order valence-corrected chi connectivity index (χ4v) is 2.41. The summed E-state index contributed by atoms with van der Waals surface area (Å²) in [6.07, 6.45) is 2.47. The summed E-state index contributed by atoms with van der Waals surface area (Å²) in [5.74, 6) is -2.76. The SMILES string of the molecule is O=C([O-])/C=C\C(=O)O.O=C1C=C(N2CC2)C(=O)C(N2CC2)=C1N1CC1.[K+]. The first-order chi connectivity index (χ1) is 11.9. The Kier molecular flexibility index (Phi) is 6.80. The maximum atomic E-state index is 12.4. The number of carbonyl (C=O) groups is 4. The van der Waals surface area contributed by atoms with Crippen molar-refractivity contribution in [3.63, 3.8) is 0 Å². The number of hydrogen-bond acceptors (Lipinski definition) is 8. The van der Waals surface area contributed by atoms with E-state index in [1.54, 1.807) is 0 Å². The summed E-state index contributed by atoms with van der Waals surface area (Å²) in [4.78, 5) is 49.4. The molecule has 0 amide bonds. The van der Waals surface area contributed by atoms with Crippen LogP contribution >= 0.6 is 0 Å². The van der Waals surface area contributed by atoms with Crippen LogP contribution in [0.25, 0.3) is 0 Å². The molecule has 0 aromatic rings. The number of carbonyl (C=O) groups excluding carboxylic acids is 3. The van der Waals surface area contributed by atoms with Crippen molar-refractivity contribution in [2.45, 2.75) is 0 Å².